The molecule has 1 atom stereocenters. The summed E-state index contributed by atoms with van der Waals surface area (Å²) in [4.78, 5) is 2.26. The number of likely N-dealkylation sites (tertiary alicyclic amines) is 1. The van der Waals surface area contributed by atoms with Crippen molar-refractivity contribution in [2.45, 2.75) is 32.0 Å². The summed E-state index contributed by atoms with van der Waals surface area (Å²) < 4.78 is 43.4. The second-order valence-electron chi connectivity index (χ2n) is 5.03. The van der Waals surface area contributed by atoms with Crippen molar-refractivity contribution in [2.24, 2.45) is 0 Å². The fourth-order valence-electron chi connectivity index (χ4n) is 2.41. The lowest BCUT2D eigenvalue weighted by molar-refractivity contribution is -0.137. The standard InChI is InChI=1S/C14H19F3N2O/c1-2-19-7-3-4-11(9-19)20-13-6-5-10(8-12(13)18)14(15,16)17/h5-6,8,11H,2-4,7,9,18H2,1H3. The smallest absolute Gasteiger partial charge is 0.416 e. The quantitative estimate of drug-likeness (QED) is 0.868. The zero-order chi connectivity index (χ0) is 14.8. The Hall–Kier alpha value is -1.43. The molecule has 0 saturated carbocycles. The van der Waals surface area contributed by atoms with Gasteiger partial charge >= 0.3 is 6.18 Å². The maximum atomic E-state index is 12.6. The third-order valence-electron chi connectivity index (χ3n) is 3.54. The van der Waals surface area contributed by atoms with Crippen molar-refractivity contribution in [1.29, 1.82) is 0 Å². The molecule has 0 spiro atoms. The Morgan fingerprint density at radius 3 is 2.75 bits per heavy atom. The summed E-state index contributed by atoms with van der Waals surface area (Å²) in [6.07, 6.45) is -2.46. The highest BCUT2D eigenvalue weighted by Crippen LogP contribution is 2.34. The van der Waals surface area contributed by atoms with Gasteiger partial charge in [0.15, 0.2) is 0 Å². The molecular weight excluding hydrogens is 269 g/mol. The first-order valence-corrected chi connectivity index (χ1v) is 6.76. The van der Waals surface area contributed by atoms with Gasteiger partial charge in [-0.05, 0) is 44.1 Å². The highest BCUT2D eigenvalue weighted by atomic mass is 19.4. The number of halogens is 3. The van der Waals surface area contributed by atoms with Crippen LogP contribution in [0.2, 0.25) is 0 Å². The zero-order valence-corrected chi connectivity index (χ0v) is 11.4. The monoisotopic (exact) mass is 288 g/mol. The zero-order valence-electron chi connectivity index (χ0n) is 11.4. The Bertz CT molecular complexity index is 462. The van der Waals surface area contributed by atoms with Crippen LogP contribution in [0.25, 0.3) is 0 Å². The van der Waals surface area contributed by atoms with E-state index < -0.39 is 11.7 Å². The Morgan fingerprint density at radius 1 is 1.40 bits per heavy atom. The minimum absolute atomic E-state index is 0.0114. The van der Waals surface area contributed by atoms with Crippen LogP contribution in [0.15, 0.2) is 18.2 Å². The van der Waals surface area contributed by atoms with E-state index in [4.69, 9.17) is 10.5 Å². The maximum Gasteiger partial charge on any atom is 0.416 e. The molecule has 3 nitrogen and oxygen atoms in total. The Kier molecular flexibility index (Phi) is 4.42. The third-order valence-corrected chi connectivity index (χ3v) is 3.54. The minimum Gasteiger partial charge on any atom is -0.487 e. The second-order valence-corrected chi connectivity index (χ2v) is 5.03. The predicted molar refractivity (Wildman–Crippen MR) is 71.6 cm³/mol. The lowest BCUT2D eigenvalue weighted by Gasteiger charge is -2.32. The number of benzene rings is 1. The van der Waals surface area contributed by atoms with Crippen molar-refractivity contribution in [3.63, 3.8) is 0 Å². The fraction of sp³-hybridized carbons (Fsp3) is 0.571. The van der Waals surface area contributed by atoms with Crippen LogP contribution in [-0.4, -0.2) is 30.6 Å². The van der Waals surface area contributed by atoms with E-state index in [1.54, 1.807) is 0 Å². The normalized spacial score (nSPS) is 20.9. The van der Waals surface area contributed by atoms with Gasteiger partial charge in [0.05, 0.1) is 11.3 Å². The molecule has 1 aliphatic heterocycles. The maximum absolute atomic E-state index is 12.6. The van der Waals surface area contributed by atoms with Crippen molar-refractivity contribution in [1.82, 2.24) is 4.90 Å². The average Bonchev–Trinajstić information content (AvgIpc) is 2.40. The number of nitrogens with two attached hydrogens (primary N) is 1. The van der Waals surface area contributed by atoms with Gasteiger partial charge in [-0.25, -0.2) is 0 Å². The molecule has 112 valence electrons. The van der Waals surface area contributed by atoms with E-state index in [-0.39, 0.29) is 11.8 Å². The summed E-state index contributed by atoms with van der Waals surface area (Å²) >= 11 is 0. The highest BCUT2D eigenvalue weighted by Gasteiger charge is 2.31. The van der Waals surface area contributed by atoms with E-state index in [1.165, 1.54) is 6.07 Å². The molecule has 20 heavy (non-hydrogen) atoms. The summed E-state index contributed by atoms with van der Waals surface area (Å²) in [5.74, 6) is 0.334. The predicted octanol–water partition coefficient (Wildman–Crippen LogP) is 3.15. The lowest BCUT2D eigenvalue weighted by Crippen LogP contribution is -2.40. The molecule has 0 radical (unpaired) electrons. The molecule has 0 aromatic heterocycles. The lowest BCUT2D eigenvalue weighted by atomic mass is 10.1. The van der Waals surface area contributed by atoms with E-state index in [0.29, 0.717) is 5.75 Å². The summed E-state index contributed by atoms with van der Waals surface area (Å²) in [7, 11) is 0. The van der Waals surface area contributed by atoms with E-state index >= 15 is 0 Å². The summed E-state index contributed by atoms with van der Waals surface area (Å²) in [6, 6.07) is 3.24. The van der Waals surface area contributed by atoms with Crippen molar-refractivity contribution in [3.8, 4) is 5.75 Å². The van der Waals surface area contributed by atoms with Crippen LogP contribution in [0.1, 0.15) is 25.3 Å². The van der Waals surface area contributed by atoms with Gasteiger partial charge in [-0.1, -0.05) is 6.92 Å². The number of piperidine rings is 1. The highest BCUT2D eigenvalue weighted by molar-refractivity contribution is 5.54. The van der Waals surface area contributed by atoms with Gasteiger partial charge in [-0.2, -0.15) is 13.2 Å². The first-order valence-electron chi connectivity index (χ1n) is 6.76. The van der Waals surface area contributed by atoms with Gasteiger partial charge in [0.25, 0.3) is 0 Å². The summed E-state index contributed by atoms with van der Waals surface area (Å²) in [5, 5.41) is 0. The number of nitrogens with zero attached hydrogens (tertiary/aromatic N) is 1. The second kappa shape index (κ2) is 5.91. The molecule has 1 aliphatic rings. The van der Waals surface area contributed by atoms with Crippen LogP contribution in [0.5, 0.6) is 5.75 Å². The molecule has 2 rings (SSSR count). The number of hydrogen-bond donors (Lipinski definition) is 1. The van der Waals surface area contributed by atoms with E-state index in [0.717, 1.165) is 44.6 Å². The van der Waals surface area contributed by atoms with Gasteiger partial charge in [-0.15, -0.1) is 0 Å². The first kappa shape index (κ1) is 15.0. The topological polar surface area (TPSA) is 38.5 Å². The number of nitrogen functional groups attached to an aromatic ring is 1. The van der Waals surface area contributed by atoms with Crippen molar-refractivity contribution in [3.05, 3.63) is 23.8 Å². The number of ether oxygens (including phenoxy) is 1. The fourth-order valence-corrected chi connectivity index (χ4v) is 2.41. The number of alkyl halides is 3. The first-order chi connectivity index (χ1) is 9.40. The Balaban J connectivity index is 2.06. The summed E-state index contributed by atoms with van der Waals surface area (Å²) in [6.45, 7) is 4.85. The van der Waals surface area contributed by atoms with Gasteiger partial charge < -0.3 is 10.5 Å². The molecule has 1 fully saturated rings. The molecule has 0 amide bonds. The number of anilines is 1. The van der Waals surface area contributed by atoms with Crippen molar-refractivity contribution < 1.29 is 17.9 Å². The van der Waals surface area contributed by atoms with Gasteiger partial charge in [-0.3, -0.25) is 4.90 Å². The molecule has 1 unspecified atom stereocenters. The molecule has 0 aliphatic carbocycles. The van der Waals surface area contributed by atoms with E-state index in [9.17, 15) is 13.2 Å². The third kappa shape index (κ3) is 3.56. The average molecular weight is 288 g/mol. The van der Waals surface area contributed by atoms with E-state index in [1.807, 2.05) is 0 Å². The van der Waals surface area contributed by atoms with Crippen molar-refractivity contribution in [2.75, 3.05) is 25.4 Å². The van der Waals surface area contributed by atoms with Gasteiger partial charge in [0, 0.05) is 6.54 Å². The molecule has 1 saturated heterocycles. The minimum atomic E-state index is -4.38. The number of hydrogen-bond acceptors (Lipinski definition) is 3. The van der Waals surface area contributed by atoms with Crippen LogP contribution in [0, 0.1) is 0 Å². The molecule has 1 aromatic carbocycles. The van der Waals surface area contributed by atoms with Crippen LogP contribution in [0.4, 0.5) is 18.9 Å². The number of rotatable bonds is 3. The van der Waals surface area contributed by atoms with Gasteiger partial charge in [0.2, 0.25) is 0 Å². The van der Waals surface area contributed by atoms with E-state index in [2.05, 4.69) is 11.8 Å². The summed E-state index contributed by atoms with van der Waals surface area (Å²) in [5.41, 5.74) is 4.95. The Labute approximate surface area is 116 Å². The van der Waals surface area contributed by atoms with Crippen LogP contribution in [-0.2, 0) is 6.18 Å². The molecule has 1 aromatic rings. The number of likely N-dealkylation sites (N-methyl/N-ethyl adjacent to an activating group) is 1. The molecule has 2 N–H and O–H groups in total. The Morgan fingerprint density at radius 2 is 2.15 bits per heavy atom. The van der Waals surface area contributed by atoms with Crippen LogP contribution in [0.3, 0.4) is 0 Å². The molecule has 6 heteroatoms. The SMILES string of the molecule is CCN1CCCC(Oc2ccc(C(F)(F)F)cc2N)C1. The molecule has 1 heterocycles. The van der Waals surface area contributed by atoms with Crippen molar-refractivity contribution >= 4 is 5.69 Å². The largest absolute Gasteiger partial charge is 0.487 e. The molecular formula is C14H19F3N2O. The van der Waals surface area contributed by atoms with Crippen LogP contribution >= 0.6 is 0 Å². The van der Waals surface area contributed by atoms with Crippen LogP contribution < -0.4 is 10.5 Å². The van der Waals surface area contributed by atoms with Gasteiger partial charge in [0.1, 0.15) is 11.9 Å². The molecule has 0 bridgehead atoms.